The van der Waals surface area contributed by atoms with Gasteiger partial charge >= 0.3 is 0 Å². The van der Waals surface area contributed by atoms with Crippen LogP contribution in [0.25, 0.3) is 0 Å². The molecule has 1 heterocycles. The number of hydrogen-bond acceptors (Lipinski definition) is 4. The van der Waals surface area contributed by atoms with Gasteiger partial charge in [0.15, 0.2) is 0 Å². The minimum atomic E-state index is -0.0287. The van der Waals surface area contributed by atoms with Gasteiger partial charge in [0.25, 0.3) is 0 Å². The van der Waals surface area contributed by atoms with E-state index >= 15 is 0 Å². The lowest BCUT2D eigenvalue weighted by molar-refractivity contribution is -0.116. The fourth-order valence-corrected chi connectivity index (χ4v) is 1.77. The molecule has 6 nitrogen and oxygen atoms in total. The fraction of sp³-hybridized carbons (Fsp3) is 0.308. The first-order valence-corrected chi connectivity index (χ1v) is 6.16. The van der Waals surface area contributed by atoms with Gasteiger partial charge < -0.3 is 10.6 Å². The largest absolute Gasteiger partial charge is 0.326 e. The van der Waals surface area contributed by atoms with Crippen molar-refractivity contribution in [3.8, 4) is 0 Å². The molecule has 1 aromatic carbocycles. The van der Waals surface area contributed by atoms with E-state index in [9.17, 15) is 4.79 Å². The van der Waals surface area contributed by atoms with Crippen LogP contribution in [-0.4, -0.2) is 27.9 Å². The Morgan fingerprint density at radius 1 is 1.35 bits per heavy atom. The summed E-state index contributed by atoms with van der Waals surface area (Å²) in [6.07, 6.45) is 3.71. The third kappa shape index (κ3) is 4.64. The van der Waals surface area contributed by atoms with Crippen LogP contribution < -0.4 is 10.6 Å². The summed E-state index contributed by atoms with van der Waals surface area (Å²) in [6, 6.07) is 7.76. The number of rotatable bonds is 6. The molecule has 20 heavy (non-hydrogen) atoms. The average molecular weight is 296 g/mol. The van der Waals surface area contributed by atoms with Gasteiger partial charge in [-0.15, -0.1) is 17.5 Å². The summed E-state index contributed by atoms with van der Waals surface area (Å²) in [5.41, 5.74) is 1.92. The molecule has 2 N–H and O–H groups in total. The quantitative estimate of drug-likeness (QED) is 0.846. The van der Waals surface area contributed by atoms with Gasteiger partial charge in [0.1, 0.15) is 0 Å². The smallest absolute Gasteiger partial charge is 0.226 e. The van der Waals surface area contributed by atoms with Crippen LogP contribution >= 0.6 is 12.4 Å². The van der Waals surface area contributed by atoms with Crippen LogP contribution in [0.15, 0.2) is 36.7 Å². The Bertz CT molecular complexity index is 529. The SMILES string of the molecule is CNCc1ccccc1NC(=O)CCn1ccnn1.Cl. The van der Waals surface area contributed by atoms with E-state index in [1.54, 1.807) is 17.1 Å². The summed E-state index contributed by atoms with van der Waals surface area (Å²) in [5, 5.41) is 13.5. The number of amides is 1. The van der Waals surface area contributed by atoms with Crippen molar-refractivity contribution in [1.29, 1.82) is 0 Å². The number of nitrogens with one attached hydrogen (secondary N) is 2. The van der Waals surface area contributed by atoms with Gasteiger partial charge in [0.05, 0.1) is 12.7 Å². The molecule has 0 spiro atoms. The zero-order valence-corrected chi connectivity index (χ0v) is 12.1. The monoisotopic (exact) mass is 295 g/mol. The maximum absolute atomic E-state index is 11.9. The Balaban J connectivity index is 0.00000200. The molecule has 0 unspecified atom stereocenters. The van der Waals surface area contributed by atoms with E-state index in [1.807, 2.05) is 31.3 Å². The second-order valence-electron chi connectivity index (χ2n) is 4.15. The van der Waals surface area contributed by atoms with E-state index in [0.717, 1.165) is 17.8 Å². The molecule has 0 saturated carbocycles. The number of nitrogens with zero attached hydrogens (tertiary/aromatic N) is 3. The Kier molecular flexibility index (Phi) is 6.69. The highest BCUT2D eigenvalue weighted by Gasteiger charge is 2.06. The van der Waals surface area contributed by atoms with Crippen molar-refractivity contribution in [2.45, 2.75) is 19.5 Å². The predicted octanol–water partition coefficient (Wildman–Crippen LogP) is 1.45. The Labute approximate surface area is 124 Å². The molecule has 0 bridgehead atoms. The van der Waals surface area contributed by atoms with E-state index in [1.165, 1.54) is 0 Å². The second kappa shape index (κ2) is 8.29. The lowest BCUT2D eigenvalue weighted by atomic mass is 10.1. The molecule has 0 atom stereocenters. The van der Waals surface area contributed by atoms with Crippen molar-refractivity contribution >= 4 is 24.0 Å². The Morgan fingerprint density at radius 2 is 2.15 bits per heavy atom. The molecule has 0 saturated heterocycles. The zero-order chi connectivity index (χ0) is 13.5. The minimum absolute atomic E-state index is 0. The summed E-state index contributed by atoms with van der Waals surface area (Å²) in [4.78, 5) is 11.9. The van der Waals surface area contributed by atoms with Gasteiger partial charge in [0.2, 0.25) is 5.91 Å². The molecule has 0 radical (unpaired) electrons. The highest BCUT2D eigenvalue weighted by Crippen LogP contribution is 2.14. The van der Waals surface area contributed by atoms with Crippen LogP contribution in [-0.2, 0) is 17.9 Å². The molecular formula is C13H18ClN5O. The van der Waals surface area contributed by atoms with E-state index in [-0.39, 0.29) is 18.3 Å². The predicted molar refractivity (Wildman–Crippen MR) is 79.7 cm³/mol. The van der Waals surface area contributed by atoms with E-state index < -0.39 is 0 Å². The van der Waals surface area contributed by atoms with Crippen molar-refractivity contribution in [3.05, 3.63) is 42.2 Å². The molecule has 1 amide bonds. The zero-order valence-electron chi connectivity index (χ0n) is 11.2. The molecule has 2 aromatic rings. The Hall–Kier alpha value is -1.92. The maximum Gasteiger partial charge on any atom is 0.226 e. The summed E-state index contributed by atoms with van der Waals surface area (Å²) in [5.74, 6) is -0.0287. The van der Waals surface area contributed by atoms with Gasteiger partial charge in [-0.2, -0.15) is 0 Å². The van der Waals surface area contributed by atoms with E-state index in [4.69, 9.17) is 0 Å². The van der Waals surface area contributed by atoms with Gasteiger partial charge in [-0.25, -0.2) is 0 Å². The fourth-order valence-electron chi connectivity index (χ4n) is 1.77. The highest BCUT2D eigenvalue weighted by molar-refractivity contribution is 5.91. The number of anilines is 1. The van der Waals surface area contributed by atoms with Crippen LogP contribution in [0.5, 0.6) is 0 Å². The molecule has 1 aromatic heterocycles. The second-order valence-corrected chi connectivity index (χ2v) is 4.15. The highest BCUT2D eigenvalue weighted by atomic mass is 35.5. The van der Waals surface area contributed by atoms with Gasteiger partial charge in [-0.3, -0.25) is 9.48 Å². The number of benzene rings is 1. The summed E-state index contributed by atoms with van der Waals surface area (Å²) < 4.78 is 1.64. The lowest BCUT2D eigenvalue weighted by Crippen LogP contribution is -2.17. The van der Waals surface area contributed by atoms with Crippen molar-refractivity contribution in [2.24, 2.45) is 0 Å². The molecule has 108 valence electrons. The first-order valence-electron chi connectivity index (χ1n) is 6.16. The number of carbonyl (C=O) groups is 1. The number of aromatic nitrogens is 3. The van der Waals surface area contributed by atoms with Gasteiger partial charge in [-0.05, 0) is 18.7 Å². The summed E-state index contributed by atoms with van der Waals surface area (Å²) in [7, 11) is 1.88. The first-order chi connectivity index (χ1) is 9.29. The van der Waals surface area contributed by atoms with Crippen molar-refractivity contribution in [2.75, 3.05) is 12.4 Å². The van der Waals surface area contributed by atoms with Crippen molar-refractivity contribution in [1.82, 2.24) is 20.3 Å². The molecule has 7 heteroatoms. The van der Waals surface area contributed by atoms with Crippen LogP contribution in [0.3, 0.4) is 0 Å². The van der Waals surface area contributed by atoms with E-state index in [0.29, 0.717) is 13.0 Å². The molecule has 0 fully saturated rings. The van der Waals surface area contributed by atoms with Crippen LogP contribution in [0.2, 0.25) is 0 Å². The van der Waals surface area contributed by atoms with Crippen LogP contribution in [0.1, 0.15) is 12.0 Å². The molecule has 2 rings (SSSR count). The minimum Gasteiger partial charge on any atom is -0.326 e. The molecular weight excluding hydrogens is 278 g/mol. The van der Waals surface area contributed by atoms with Gasteiger partial charge in [0, 0.05) is 24.8 Å². The number of aryl methyl sites for hydroxylation is 1. The third-order valence-corrected chi connectivity index (χ3v) is 2.70. The maximum atomic E-state index is 11.9. The first kappa shape index (κ1) is 16.1. The molecule has 0 aliphatic heterocycles. The molecule has 0 aliphatic rings. The normalized spacial score (nSPS) is 9.85. The molecule has 0 aliphatic carbocycles. The van der Waals surface area contributed by atoms with Crippen LogP contribution in [0.4, 0.5) is 5.69 Å². The summed E-state index contributed by atoms with van der Waals surface area (Å²) in [6.45, 7) is 1.25. The topological polar surface area (TPSA) is 71.8 Å². The van der Waals surface area contributed by atoms with Crippen LogP contribution in [0, 0.1) is 0 Å². The lowest BCUT2D eigenvalue weighted by Gasteiger charge is -2.10. The van der Waals surface area contributed by atoms with E-state index in [2.05, 4.69) is 20.9 Å². The number of carbonyl (C=O) groups excluding carboxylic acids is 1. The van der Waals surface area contributed by atoms with Crippen molar-refractivity contribution < 1.29 is 4.79 Å². The summed E-state index contributed by atoms with van der Waals surface area (Å²) >= 11 is 0. The Morgan fingerprint density at radius 3 is 2.85 bits per heavy atom. The third-order valence-electron chi connectivity index (χ3n) is 2.70. The number of para-hydroxylation sites is 1. The average Bonchev–Trinajstić information content (AvgIpc) is 2.92. The number of hydrogen-bond donors (Lipinski definition) is 2. The standard InChI is InChI=1S/C13H17N5O.ClH/c1-14-10-11-4-2-3-5-12(11)16-13(19)6-8-18-9-7-15-17-18;/h2-5,7,9,14H,6,8,10H2,1H3,(H,16,19);1H. The number of halogens is 1. The van der Waals surface area contributed by atoms with Gasteiger partial charge in [-0.1, -0.05) is 23.4 Å². The van der Waals surface area contributed by atoms with Crippen molar-refractivity contribution in [3.63, 3.8) is 0 Å².